The largest absolute Gasteiger partial charge is 0.490 e. The fraction of sp³-hybridized carbons (Fsp3) is 0.136. The number of ether oxygens (including phenoxy) is 2. The number of pyridine rings is 2. The molecule has 0 saturated heterocycles. The van der Waals surface area contributed by atoms with Crippen LogP contribution in [0, 0.1) is 6.92 Å². The zero-order chi connectivity index (χ0) is 17.2. The normalized spacial score (nSPS) is 11.0. The van der Waals surface area contributed by atoms with E-state index in [1.807, 2.05) is 30.3 Å². The zero-order valence-corrected chi connectivity index (χ0v) is 14.4. The molecule has 0 aliphatic rings. The maximum absolute atomic E-state index is 5.95. The summed E-state index contributed by atoms with van der Waals surface area (Å²) in [4.78, 5) is 0. The SMILES string of the molecule is COc1ccc(C)[n+]2cc3ccc(OCc4ccccc4)cc3cc12. The molecule has 2 aromatic carbocycles. The minimum Gasteiger partial charge on any atom is -0.490 e. The second-order valence-electron chi connectivity index (χ2n) is 6.14. The summed E-state index contributed by atoms with van der Waals surface area (Å²) < 4.78 is 13.6. The Hall–Kier alpha value is -3.07. The van der Waals surface area contributed by atoms with E-state index in [0.29, 0.717) is 6.61 Å². The van der Waals surface area contributed by atoms with Gasteiger partial charge in [-0.3, -0.25) is 0 Å². The third-order valence-corrected chi connectivity index (χ3v) is 4.45. The summed E-state index contributed by atoms with van der Waals surface area (Å²) in [7, 11) is 1.70. The molecule has 3 heteroatoms. The average Bonchev–Trinajstić information content (AvgIpc) is 2.66. The number of nitrogens with zero attached hydrogens (tertiary/aromatic N) is 1. The fourth-order valence-corrected chi connectivity index (χ4v) is 3.07. The molecule has 0 bridgehead atoms. The van der Waals surface area contributed by atoms with Crippen LogP contribution in [-0.4, -0.2) is 7.11 Å². The molecular weight excluding hydrogens is 310 g/mol. The van der Waals surface area contributed by atoms with Gasteiger partial charge in [-0.15, -0.1) is 0 Å². The molecule has 0 radical (unpaired) electrons. The first-order chi connectivity index (χ1) is 12.2. The molecule has 0 aliphatic heterocycles. The molecule has 3 nitrogen and oxygen atoms in total. The first-order valence-corrected chi connectivity index (χ1v) is 8.34. The van der Waals surface area contributed by atoms with Crippen LogP contribution in [0.25, 0.3) is 16.3 Å². The molecule has 0 fully saturated rings. The van der Waals surface area contributed by atoms with Gasteiger partial charge in [0.2, 0.25) is 0 Å². The molecule has 4 aromatic rings. The molecular formula is C22H20NO2+. The minimum atomic E-state index is 0.567. The van der Waals surface area contributed by atoms with Crippen LogP contribution >= 0.6 is 0 Å². The summed E-state index contributed by atoms with van der Waals surface area (Å²) in [6, 6.07) is 22.6. The predicted octanol–water partition coefficient (Wildman–Crippen LogP) is 4.47. The van der Waals surface area contributed by atoms with Gasteiger partial charge in [0.25, 0.3) is 5.52 Å². The van der Waals surface area contributed by atoms with Crippen molar-refractivity contribution in [2.24, 2.45) is 0 Å². The number of aromatic nitrogens is 1. The van der Waals surface area contributed by atoms with E-state index in [0.717, 1.165) is 28.0 Å². The molecule has 0 aliphatic carbocycles. The number of aryl methyl sites for hydroxylation is 1. The van der Waals surface area contributed by atoms with Crippen molar-refractivity contribution in [3.8, 4) is 11.5 Å². The van der Waals surface area contributed by atoms with Crippen LogP contribution in [-0.2, 0) is 6.61 Å². The lowest BCUT2D eigenvalue weighted by Gasteiger charge is -2.08. The standard InChI is InChI=1S/C22H20NO2/c1-16-8-11-22(24-2)21-13-19-12-20(10-9-18(19)14-23(16)21)25-15-17-6-4-3-5-7-17/h3-14H,15H2,1-2H3/q+1. The van der Waals surface area contributed by atoms with Crippen molar-refractivity contribution in [3.05, 3.63) is 84.2 Å². The van der Waals surface area contributed by atoms with Gasteiger partial charge in [-0.25, -0.2) is 0 Å². The van der Waals surface area contributed by atoms with Crippen molar-refractivity contribution >= 4 is 16.3 Å². The van der Waals surface area contributed by atoms with Gasteiger partial charge in [0, 0.05) is 24.4 Å². The lowest BCUT2D eigenvalue weighted by atomic mass is 10.1. The lowest BCUT2D eigenvalue weighted by molar-refractivity contribution is -0.518. The number of benzene rings is 2. The Morgan fingerprint density at radius 1 is 0.880 bits per heavy atom. The number of hydrogen-bond donors (Lipinski definition) is 0. The summed E-state index contributed by atoms with van der Waals surface area (Å²) >= 11 is 0. The van der Waals surface area contributed by atoms with Crippen molar-refractivity contribution in [2.45, 2.75) is 13.5 Å². The van der Waals surface area contributed by atoms with Crippen molar-refractivity contribution in [1.82, 2.24) is 0 Å². The second kappa shape index (κ2) is 6.44. The quantitative estimate of drug-likeness (QED) is 0.407. The van der Waals surface area contributed by atoms with Crippen molar-refractivity contribution in [3.63, 3.8) is 0 Å². The number of fused-ring (bicyclic) bond motifs is 2. The van der Waals surface area contributed by atoms with Crippen LogP contribution < -0.4 is 13.9 Å². The topological polar surface area (TPSA) is 22.6 Å². The van der Waals surface area contributed by atoms with Gasteiger partial charge in [0.1, 0.15) is 12.4 Å². The van der Waals surface area contributed by atoms with Gasteiger partial charge < -0.3 is 9.47 Å². The van der Waals surface area contributed by atoms with E-state index in [1.165, 1.54) is 11.1 Å². The molecule has 0 amide bonds. The maximum Gasteiger partial charge on any atom is 0.253 e. The van der Waals surface area contributed by atoms with E-state index in [9.17, 15) is 0 Å². The Balaban J connectivity index is 1.73. The smallest absolute Gasteiger partial charge is 0.253 e. The third kappa shape index (κ3) is 3.01. The Morgan fingerprint density at radius 3 is 2.52 bits per heavy atom. The van der Waals surface area contributed by atoms with Crippen molar-refractivity contribution < 1.29 is 13.9 Å². The number of rotatable bonds is 4. The first kappa shape index (κ1) is 15.5. The van der Waals surface area contributed by atoms with Gasteiger partial charge in [0.05, 0.1) is 7.11 Å². The summed E-state index contributed by atoms with van der Waals surface area (Å²) in [6.07, 6.45) is 2.14. The van der Waals surface area contributed by atoms with Crippen LogP contribution in [0.5, 0.6) is 11.5 Å². The molecule has 0 atom stereocenters. The minimum absolute atomic E-state index is 0.567. The summed E-state index contributed by atoms with van der Waals surface area (Å²) in [6.45, 7) is 2.66. The summed E-state index contributed by atoms with van der Waals surface area (Å²) in [5.74, 6) is 1.73. The van der Waals surface area contributed by atoms with E-state index in [2.05, 4.69) is 53.9 Å². The molecule has 0 saturated carbocycles. The van der Waals surface area contributed by atoms with Crippen LogP contribution in [0.15, 0.2) is 72.9 Å². The third-order valence-electron chi connectivity index (χ3n) is 4.45. The Kier molecular flexibility index (Phi) is 3.98. The highest BCUT2D eigenvalue weighted by atomic mass is 16.5. The highest BCUT2D eigenvalue weighted by Gasteiger charge is 2.14. The molecule has 124 valence electrons. The molecule has 0 unspecified atom stereocenters. The van der Waals surface area contributed by atoms with Crippen LogP contribution in [0.2, 0.25) is 0 Å². The van der Waals surface area contributed by atoms with Crippen LogP contribution in [0.4, 0.5) is 0 Å². The summed E-state index contributed by atoms with van der Waals surface area (Å²) in [5, 5.41) is 2.30. The average molecular weight is 330 g/mol. The molecule has 4 rings (SSSR count). The maximum atomic E-state index is 5.95. The highest BCUT2D eigenvalue weighted by molar-refractivity contribution is 5.86. The summed E-state index contributed by atoms with van der Waals surface area (Å²) in [5.41, 5.74) is 3.38. The van der Waals surface area contributed by atoms with Crippen LogP contribution in [0.1, 0.15) is 11.3 Å². The predicted molar refractivity (Wildman–Crippen MR) is 99.2 cm³/mol. The number of hydrogen-bond acceptors (Lipinski definition) is 2. The van der Waals surface area contributed by atoms with E-state index < -0.39 is 0 Å². The van der Waals surface area contributed by atoms with Crippen molar-refractivity contribution in [2.75, 3.05) is 7.11 Å². The van der Waals surface area contributed by atoms with E-state index in [4.69, 9.17) is 9.47 Å². The van der Waals surface area contributed by atoms with Gasteiger partial charge in [-0.2, -0.15) is 4.40 Å². The molecule has 0 spiro atoms. The van der Waals surface area contributed by atoms with Gasteiger partial charge in [-0.05, 0) is 35.2 Å². The Morgan fingerprint density at radius 2 is 1.72 bits per heavy atom. The van der Waals surface area contributed by atoms with Gasteiger partial charge in [-0.1, -0.05) is 30.3 Å². The first-order valence-electron chi connectivity index (χ1n) is 8.34. The highest BCUT2D eigenvalue weighted by Crippen LogP contribution is 2.25. The molecule has 0 N–H and O–H groups in total. The van der Waals surface area contributed by atoms with Gasteiger partial charge in [0.15, 0.2) is 17.6 Å². The molecule has 25 heavy (non-hydrogen) atoms. The Bertz CT molecular complexity index is 1040. The van der Waals surface area contributed by atoms with Crippen LogP contribution in [0.3, 0.4) is 0 Å². The molecule has 2 heterocycles. The van der Waals surface area contributed by atoms with E-state index in [-0.39, 0.29) is 0 Å². The lowest BCUT2D eigenvalue weighted by Crippen LogP contribution is -2.25. The van der Waals surface area contributed by atoms with E-state index in [1.54, 1.807) is 7.11 Å². The number of methoxy groups -OCH3 is 1. The molecule has 2 aromatic heterocycles. The zero-order valence-electron chi connectivity index (χ0n) is 14.4. The van der Waals surface area contributed by atoms with E-state index >= 15 is 0 Å². The van der Waals surface area contributed by atoms with Crippen molar-refractivity contribution in [1.29, 1.82) is 0 Å². The monoisotopic (exact) mass is 330 g/mol. The fourth-order valence-electron chi connectivity index (χ4n) is 3.07. The van der Waals surface area contributed by atoms with Gasteiger partial charge >= 0.3 is 0 Å². The second-order valence-corrected chi connectivity index (χ2v) is 6.14. The Labute approximate surface area is 147 Å².